The molecule has 0 aromatic heterocycles. The number of benzene rings is 1. The number of aryl methyl sites for hydroxylation is 2. The zero-order valence-corrected chi connectivity index (χ0v) is 12.5. The zero-order valence-electron chi connectivity index (χ0n) is 11.7. The van der Waals surface area contributed by atoms with Gasteiger partial charge in [0.2, 0.25) is 10.0 Å². The highest BCUT2D eigenvalue weighted by Gasteiger charge is 2.16. The molecular formula is C14H23NO2S. The minimum atomic E-state index is -3.17. The van der Waals surface area contributed by atoms with Crippen LogP contribution in [-0.4, -0.2) is 14.2 Å². The Morgan fingerprint density at radius 3 is 2.56 bits per heavy atom. The van der Waals surface area contributed by atoms with Gasteiger partial charge in [0.1, 0.15) is 0 Å². The number of nitrogens with one attached hydrogen (secondary N) is 1. The topological polar surface area (TPSA) is 46.2 Å². The highest BCUT2D eigenvalue weighted by molar-refractivity contribution is 7.89. The zero-order chi connectivity index (χ0) is 13.8. The Kier molecular flexibility index (Phi) is 5.35. The molecule has 0 heterocycles. The first-order chi connectivity index (χ1) is 8.35. The Morgan fingerprint density at radius 1 is 1.28 bits per heavy atom. The number of sulfonamides is 1. The summed E-state index contributed by atoms with van der Waals surface area (Å²) in [6, 6.07) is 5.94. The monoisotopic (exact) mass is 269 g/mol. The van der Waals surface area contributed by atoms with E-state index in [9.17, 15) is 8.42 Å². The smallest absolute Gasteiger partial charge is 0.212 e. The predicted molar refractivity (Wildman–Crippen MR) is 76.2 cm³/mol. The van der Waals surface area contributed by atoms with E-state index in [2.05, 4.69) is 4.72 Å². The molecule has 0 aliphatic carbocycles. The second-order valence-corrected chi connectivity index (χ2v) is 6.75. The van der Waals surface area contributed by atoms with Crippen LogP contribution in [0.3, 0.4) is 0 Å². The van der Waals surface area contributed by atoms with Crippen molar-refractivity contribution in [2.45, 2.75) is 46.6 Å². The van der Waals surface area contributed by atoms with Crippen molar-refractivity contribution in [3.8, 4) is 0 Å². The first kappa shape index (κ1) is 15.2. The fourth-order valence-corrected chi connectivity index (χ4v) is 3.40. The maximum atomic E-state index is 11.9. The third kappa shape index (κ3) is 4.42. The average molecular weight is 269 g/mol. The second-order valence-electron chi connectivity index (χ2n) is 4.87. The van der Waals surface area contributed by atoms with E-state index < -0.39 is 10.0 Å². The molecule has 0 aliphatic rings. The molecule has 0 spiro atoms. The molecule has 0 bridgehead atoms. The maximum absolute atomic E-state index is 11.9. The Morgan fingerprint density at radius 2 is 1.94 bits per heavy atom. The van der Waals surface area contributed by atoms with E-state index >= 15 is 0 Å². The Bertz CT molecular complexity index is 495. The standard InChI is InChI=1S/C14H23NO2S/c1-5-6-9-18(16,17)15-13(4)14-10-11(2)7-8-12(14)3/h7-8,10,13,15H,5-6,9H2,1-4H3. The summed E-state index contributed by atoms with van der Waals surface area (Å²) in [5.74, 6) is 0.207. The lowest BCUT2D eigenvalue weighted by Gasteiger charge is -2.17. The van der Waals surface area contributed by atoms with Gasteiger partial charge in [-0.1, -0.05) is 37.1 Å². The van der Waals surface area contributed by atoms with Crippen LogP contribution in [0.5, 0.6) is 0 Å². The van der Waals surface area contributed by atoms with Crippen LogP contribution in [-0.2, 0) is 10.0 Å². The summed E-state index contributed by atoms with van der Waals surface area (Å²) in [5, 5.41) is 0. The quantitative estimate of drug-likeness (QED) is 0.862. The van der Waals surface area contributed by atoms with Gasteiger partial charge in [-0.05, 0) is 38.3 Å². The summed E-state index contributed by atoms with van der Waals surface area (Å²) in [4.78, 5) is 0. The van der Waals surface area contributed by atoms with Crippen LogP contribution < -0.4 is 4.72 Å². The summed E-state index contributed by atoms with van der Waals surface area (Å²) in [5.41, 5.74) is 3.32. The van der Waals surface area contributed by atoms with Gasteiger partial charge in [-0.25, -0.2) is 13.1 Å². The predicted octanol–water partition coefficient (Wildman–Crippen LogP) is 3.08. The van der Waals surface area contributed by atoms with Crippen molar-refractivity contribution in [3.05, 3.63) is 34.9 Å². The summed E-state index contributed by atoms with van der Waals surface area (Å²) in [7, 11) is -3.17. The molecule has 1 aromatic carbocycles. The average Bonchev–Trinajstić information content (AvgIpc) is 2.29. The van der Waals surface area contributed by atoms with Crippen molar-refractivity contribution >= 4 is 10.0 Å². The molecule has 0 radical (unpaired) electrons. The maximum Gasteiger partial charge on any atom is 0.212 e. The van der Waals surface area contributed by atoms with Crippen molar-refractivity contribution in [2.75, 3.05) is 5.75 Å². The summed E-state index contributed by atoms with van der Waals surface area (Å²) < 4.78 is 26.5. The van der Waals surface area contributed by atoms with Crippen molar-refractivity contribution < 1.29 is 8.42 Å². The molecule has 4 heteroatoms. The third-order valence-corrected chi connectivity index (χ3v) is 4.56. The first-order valence-corrected chi connectivity index (χ1v) is 8.08. The molecule has 1 N–H and O–H groups in total. The van der Waals surface area contributed by atoms with E-state index in [1.807, 2.05) is 45.9 Å². The number of rotatable bonds is 6. The van der Waals surface area contributed by atoms with Crippen LogP contribution in [0, 0.1) is 13.8 Å². The summed E-state index contributed by atoms with van der Waals surface area (Å²) in [6.45, 7) is 7.90. The van der Waals surface area contributed by atoms with Gasteiger partial charge >= 0.3 is 0 Å². The number of hydrogen-bond donors (Lipinski definition) is 1. The van der Waals surface area contributed by atoms with Crippen molar-refractivity contribution in [1.29, 1.82) is 0 Å². The first-order valence-electron chi connectivity index (χ1n) is 6.43. The Balaban J connectivity index is 2.82. The molecular weight excluding hydrogens is 246 g/mol. The van der Waals surface area contributed by atoms with Gasteiger partial charge in [-0.2, -0.15) is 0 Å². The second kappa shape index (κ2) is 6.34. The molecule has 1 atom stereocenters. The summed E-state index contributed by atoms with van der Waals surface area (Å²) in [6.07, 6.45) is 1.59. The molecule has 0 fully saturated rings. The molecule has 1 unspecified atom stereocenters. The normalized spacial score (nSPS) is 13.6. The van der Waals surface area contributed by atoms with Gasteiger partial charge < -0.3 is 0 Å². The lowest BCUT2D eigenvalue weighted by molar-refractivity contribution is 0.563. The lowest BCUT2D eigenvalue weighted by atomic mass is 10.0. The minimum absolute atomic E-state index is 0.174. The minimum Gasteiger partial charge on any atom is -0.212 e. The molecule has 1 aromatic rings. The van der Waals surface area contributed by atoms with E-state index in [1.165, 1.54) is 0 Å². The van der Waals surface area contributed by atoms with Crippen LogP contribution in [0.15, 0.2) is 18.2 Å². The Labute approximate surface area is 111 Å². The van der Waals surface area contributed by atoms with Gasteiger partial charge in [-0.3, -0.25) is 0 Å². The molecule has 3 nitrogen and oxygen atoms in total. The van der Waals surface area contributed by atoms with Crippen LogP contribution in [0.4, 0.5) is 0 Å². The largest absolute Gasteiger partial charge is 0.212 e. The van der Waals surface area contributed by atoms with Crippen LogP contribution in [0.25, 0.3) is 0 Å². The fourth-order valence-electron chi connectivity index (χ4n) is 1.95. The van der Waals surface area contributed by atoms with Crippen LogP contribution in [0.1, 0.15) is 49.4 Å². The van der Waals surface area contributed by atoms with Gasteiger partial charge in [-0.15, -0.1) is 0 Å². The number of hydrogen-bond acceptors (Lipinski definition) is 2. The molecule has 1 rings (SSSR count). The van der Waals surface area contributed by atoms with Crippen LogP contribution >= 0.6 is 0 Å². The molecule has 0 aliphatic heterocycles. The fraction of sp³-hybridized carbons (Fsp3) is 0.571. The van der Waals surface area contributed by atoms with Crippen molar-refractivity contribution in [1.82, 2.24) is 4.72 Å². The lowest BCUT2D eigenvalue weighted by Crippen LogP contribution is -2.29. The van der Waals surface area contributed by atoms with Crippen molar-refractivity contribution in [2.24, 2.45) is 0 Å². The molecule has 102 valence electrons. The highest BCUT2D eigenvalue weighted by Crippen LogP contribution is 2.19. The highest BCUT2D eigenvalue weighted by atomic mass is 32.2. The van der Waals surface area contributed by atoms with Gasteiger partial charge in [0, 0.05) is 6.04 Å². The molecule has 0 saturated carbocycles. The molecule has 18 heavy (non-hydrogen) atoms. The van der Waals surface area contributed by atoms with E-state index in [0.29, 0.717) is 6.42 Å². The van der Waals surface area contributed by atoms with Crippen LogP contribution in [0.2, 0.25) is 0 Å². The Hall–Kier alpha value is -0.870. The van der Waals surface area contributed by atoms with E-state index in [1.54, 1.807) is 0 Å². The van der Waals surface area contributed by atoms with E-state index in [4.69, 9.17) is 0 Å². The van der Waals surface area contributed by atoms with Gasteiger partial charge in [0.05, 0.1) is 5.75 Å². The van der Waals surface area contributed by atoms with E-state index in [-0.39, 0.29) is 11.8 Å². The SMILES string of the molecule is CCCCS(=O)(=O)NC(C)c1cc(C)ccc1C. The molecule has 0 saturated heterocycles. The van der Waals surface area contributed by atoms with Crippen molar-refractivity contribution in [3.63, 3.8) is 0 Å². The number of unbranched alkanes of at least 4 members (excludes halogenated alkanes) is 1. The van der Waals surface area contributed by atoms with E-state index in [0.717, 1.165) is 23.1 Å². The van der Waals surface area contributed by atoms with Gasteiger partial charge in [0.15, 0.2) is 0 Å². The summed E-state index contributed by atoms with van der Waals surface area (Å²) >= 11 is 0. The molecule has 0 amide bonds. The third-order valence-electron chi connectivity index (χ3n) is 3.02. The van der Waals surface area contributed by atoms with Gasteiger partial charge in [0.25, 0.3) is 0 Å².